The van der Waals surface area contributed by atoms with E-state index in [9.17, 15) is 9.59 Å². The molecule has 1 spiro atoms. The summed E-state index contributed by atoms with van der Waals surface area (Å²) in [5, 5.41) is 0. The van der Waals surface area contributed by atoms with Gasteiger partial charge < -0.3 is 10.6 Å². The lowest BCUT2D eigenvalue weighted by molar-refractivity contribution is -0.139. The molecule has 7 rings (SSSR count). The fourth-order valence-corrected chi connectivity index (χ4v) is 5.96. The highest BCUT2D eigenvalue weighted by Gasteiger charge is 2.58. The van der Waals surface area contributed by atoms with E-state index in [-0.39, 0.29) is 29.5 Å². The maximum absolute atomic E-state index is 15.6. The number of aryl methyl sites for hydroxylation is 1. The van der Waals surface area contributed by atoms with Crippen molar-refractivity contribution in [3.63, 3.8) is 0 Å². The van der Waals surface area contributed by atoms with Crippen molar-refractivity contribution < 1.29 is 14.0 Å². The van der Waals surface area contributed by atoms with Gasteiger partial charge in [0, 0.05) is 38.0 Å². The summed E-state index contributed by atoms with van der Waals surface area (Å²) in [6.45, 7) is 2.40. The number of amides is 2. The normalized spacial score (nSPS) is 22.1. The van der Waals surface area contributed by atoms with Crippen LogP contribution < -0.4 is 5.73 Å². The van der Waals surface area contributed by atoms with Crippen LogP contribution in [0.25, 0.3) is 17.2 Å². The minimum atomic E-state index is -0.692. The Labute approximate surface area is 216 Å². The van der Waals surface area contributed by atoms with Crippen LogP contribution in [0.3, 0.4) is 0 Å². The zero-order valence-corrected chi connectivity index (χ0v) is 20.9. The molecule has 0 atom stereocenters. The predicted molar refractivity (Wildman–Crippen MR) is 140 cm³/mol. The highest BCUT2D eigenvalue weighted by molar-refractivity contribution is 6.16. The lowest BCUT2D eigenvalue weighted by Gasteiger charge is -2.41. The maximum atomic E-state index is 15.6. The van der Waals surface area contributed by atoms with E-state index in [0.717, 1.165) is 49.7 Å². The number of aliphatic imine (C=N–C) groups is 1. The maximum Gasteiger partial charge on any atom is 0.256 e. The molecule has 3 fully saturated rings. The van der Waals surface area contributed by atoms with Crippen LogP contribution in [-0.2, 0) is 16.0 Å². The van der Waals surface area contributed by atoms with Crippen molar-refractivity contribution in [2.45, 2.75) is 44.1 Å². The molecular weight excluding hydrogens is 467 g/mol. The van der Waals surface area contributed by atoms with Crippen molar-refractivity contribution in [1.29, 1.82) is 0 Å². The molecule has 0 unspecified atom stereocenters. The van der Waals surface area contributed by atoms with Crippen LogP contribution in [0.5, 0.6) is 0 Å². The number of carbonyl (C=O) groups is 2. The molecule has 0 radical (unpaired) electrons. The van der Waals surface area contributed by atoms with Gasteiger partial charge in [0.15, 0.2) is 0 Å². The van der Waals surface area contributed by atoms with Gasteiger partial charge in [0.1, 0.15) is 17.2 Å². The molecule has 6 nitrogen and oxygen atoms in total. The van der Waals surface area contributed by atoms with Crippen molar-refractivity contribution in [3.05, 3.63) is 64.5 Å². The largest absolute Gasteiger partial charge is 0.342 e. The smallest absolute Gasteiger partial charge is 0.256 e. The van der Waals surface area contributed by atoms with E-state index >= 15 is 4.39 Å². The highest BCUT2D eigenvalue weighted by atomic mass is 19.1. The van der Waals surface area contributed by atoms with Gasteiger partial charge in [0.25, 0.3) is 5.91 Å². The molecule has 2 amide bonds. The van der Waals surface area contributed by atoms with Crippen LogP contribution in [0.15, 0.2) is 47.0 Å². The van der Waals surface area contributed by atoms with Gasteiger partial charge >= 0.3 is 0 Å². The molecule has 2 aliphatic heterocycles. The SMILES string of the molecule is NCC1=Cc2ccc(-c3ccc(C4=NC5(CC5)C(=O)N4CC4CN(C(=O)C5CC5)C4)c(F)c3)cc2CC1. The Bertz CT molecular complexity index is 1380. The van der Waals surface area contributed by atoms with Crippen molar-refractivity contribution in [2.75, 3.05) is 26.2 Å². The lowest BCUT2D eigenvalue weighted by atomic mass is 9.89. The number of amidine groups is 1. The van der Waals surface area contributed by atoms with Crippen LogP contribution >= 0.6 is 0 Å². The van der Waals surface area contributed by atoms with Crippen LogP contribution in [-0.4, -0.2) is 59.2 Å². The molecule has 5 aliphatic rings. The van der Waals surface area contributed by atoms with Crippen LogP contribution in [0.1, 0.15) is 48.8 Å². The number of fused-ring (bicyclic) bond motifs is 1. The Kier molecular flexibility index (Phi) is 5.15. The number of nitrogens with two attached hydrogens (primary N) is 1. The third kappa shape index (κ3) is 3.91. The van der Waals surface area contributed by atoms with E-state index in [1.165, 1.54) is 16.7 Å². The molecule has 3 aliphatic carbocycles. The summed E-state index contributed by atoms with van der Waals surface area (Å²) >= 11 is 0. The second-order valence-corrected chi connectivity index (χ2v) is 11.4. The number of rotatable bonds is 6. The summed E-state index contributed by atoms with van der Waals surface area (Å²) < 4.78 is 15.6. The first-order valence-electron chi connectivity index (χ1n) is 13.5. The Hall–Kier alpha value is -3.32. The number of benzene rings is 2. The summed E-state index contributed by atoms with van der Waals surface area (Å²) in [6.07, 6.45) is 7.49. The van der Waals surface area contributed by atoms with Gasteiger partial charge in [0.05, 0.1) is 5.56 Å². The first-order chi connectivity index (χ1) is 17.9. The van der Waals surface area contributed by atoms with E-state index in [1.807, 2.05) is 17.0 Å². The second kappa shape index (κ2) is 8.35. The van der Waals surface area contributed by atoms with E-state index in [1.54, 1.807) is 17.0 Å². The lowest BCUT2D eigenvalue weighted by Crippen LogP contribution is -2.55. The standard InChI is InChI=1S/C30H31FN4O2/c31-26-13-24(23-6-5-21-11-18(14-32)1-2-22(21)12-23)7-8-25(26)27-33-30(9-10-30)29(37)35(27)17-19-15-34(16-19)28(36)20-3-4-20/h5-8,11-13,19-20H,1-4,9-10,14-17,32H2. The number of hydrogen-bond donors (Lipinski definition) is 1. The summed E-state index contributed by atoms with van der Waals surface area (Å²) in [7, 11) is 0. The summed E-state index contributed by atoms with van der Waals surface area (Å²) in [4.78, 5) is 33.9. The van der Waals surface area contributed by atoms with Crippen molar-refractivity contribution in [1.82, 2.24) is 9.80 Å². The highest BCUT2D eigenvalue weighted by Crippen LogP contribution is 2.46. The third-order valence-electron chi connectivity index (χ3n) is 8.60. The molecule has 37 heavy (non-hydrogen) atoms. The molecule has 2 heterocycles. The van der Waals surface area contributed by atoms with Gasteiger partial charge in [-0.05, 0) is 72.9 Å². The summed E-state index contributed by atoms with van der Waals surface area (Å²) in [5.74, 6) is 0.729. The fraction of sp³-hybridized carbons (Fsp3) is 0.433. The van der Waals surface area contributed by atoms with E-state index < -0.39 is 5.54 Å². The molecule has 7 heteroatoms. The summed E-state index contributed by atoms with van der Waals surface area (Å²) in [5.41, 5.74) is 11.0. The van der Waals surface area contributed by atoms with Crippen molar-refractivity contribution in [3.8, 4) is 11.1 Å². The van der Waals surface area contributed by atoms with Gasteiger partial charge in [-0.3, -0.25) is 19.5 Å². The number of carbonyl (C=O) groups excluding carboxylic acids is 2. The molecule has 2 aromatic carbocycles. The molecular formula is C30H31FN4O2. The van der Waals surface area contributed by atoms with Gasteiger partial charge in [-0.2, -0.15) is 0 Å². The molecule has 2 N–H and O–H groups in total. The van der Waals surface area contributed by atoms with Crippen molar-refractivity contribution >= 4 is 23.7 Å². The van der Waals surface area contributed by atoms with Gasteiger partial charge in [0.2, 0.25) is 5.91 Å². The Morgan fingerprint density at radius 1 is 1.08 bits per heavy atom. The van der Waals surface area contributed by atoms with Gasteiger partial charge in [-0.25, -0.2) is 4.39 Å². The fourth-order valence-electron chi connectivity index (χ4n) is 5.96. The quantitative estimate of drug-likeness (QED) is 0.659. The number of halogens is 1. The number of likely N-dealkylation sites (tertiary alicyclic amines) is 1. The average Bonchev–Trinajstić information content (AvgIpc) is 3.81. The first kappa shape index (κ1) is 22.8. The Balaban J connectivity index is 1.12. The van der Waals surface area contributed by atoms with Crippen LogP contribution in [0, 0.1) is 17.7 Å². The summed E-state index contributed by atoms with van der Waals surface area (Å²) in [6, 6.07) is 11.5. The van der Waals surface area contributed by atoms with E-state index in [4.69, 9.17) is 10.7 Å². The third-order valence-corrected chi connectivity index (χ3v) is 8.60. The Morgan fingerprint density at radius 3 is 2.54 bits per heavy atom. The number of hydrogen-bond acceptors (Lipinski definition) is 4. The van der Waals surface area contributed by atoms with Crippen LogP contribution in [0.4, 0.5) is 4.39 Å². The molecule has 2 saturated carbocycles. The average molecular weight is 499 g/mol. The zero-order chi connectivity index (χ0) is 25.3. The van der Waals surface area contributed by atoms with Gasteiger partial charge in [-0.1, -0.05) is 35.9 Å². The molecule has 2 aromatic rings. The number of nitrogens with zero attached hydrogens (tertiary/aromatic N) is 3. The minimum absolute atomic E-state index is 0.0162. The molecule has 0 aromatic heterocycles. The predicted octanol–water partition coefficient (Wildman–Crippen LogP) is 3.77. The van der Waals surface area contributed by atoms with Crippen molar-refractivity contribution in [2.24, 2.45) is 22.6 Å². The van der Waals surface area contributed by atoms with E-state index in [2.05, 4.69) is 18.2 Å². The Morgan fingerprint density at radius 2 is 1.84 bits per heavy atom. The molecule has 190 valence electrons. The zero-order valence-electron chi connectivity index (χ0n) is 20.9. The minimum Gasteiger partial charge on any atom is -0.342 e. The van der Waals surface area contributed by atoms with Gasteiger partial charge in [-0.15, -0.1) is 0 Å². The molecule has 1 saturated heterocycles. The topological polar surface area (TPSA) is 79.0 Å². The molecule has 0 bridgehead atoms. The second-order valence-electron chi connectivity index (χ2n) is 11.4. The van der Waals surface area contributed by atoms with E-state index in [0.29, 0.717) is 37.6 Å². The monoisotopic (exact) mass is 498 g/mol. The first-order valence-corrected chi connectivity index (χ1v) is 13.5. The van der Waals surface area contributed by atoms with Crippen LogP contribution in [0.2, 0.25) is 0 Å².